The molecular formula is C13H15N3O4S. The Balaban J connectivity index is 1.92. The number of rotatable bonds is 3. The predicted octanol–water partition coefficient (Wildman–Crippen LogP) is 0.459. The third kappa shape index (κ3) is 2.36. The maximum atomic E-state index is 12.6. The zero-order valence-electron chi connectivity index (χ0n) is 11.4. The fourth-order valence-electron chi connectivity index (χ4n) is 2.39. The fraction of sp³-hybridized carbons (Fsp3) is 0.308. The smallest absolute Gasteiger partial charge is 0.268 e. The highest BCUT2D eigenvalue weighted by Gasteiger charge is 2.30. The number of ether oxygens (including phenoxy) is 1. The van der Waals surface area contributed by atoms with Crippen LogP contribution in [0.2, 0.25) is 0 Å². The lowest BCUT2D eigenvalue weighted by Gasteiger charge is -2.25. The number of fused-ring (bicyclic) bond motifs is 1. The van der Waals surface area contributed by atoms with Crippen molar-refractivity contribution in [1.82, 2.24) is 14.5 Å². The summed E-state index contributed by atoms with van der Waals surface area (Å²) in [5.74, 6) is 0.594. The van der Waals surface area contributed by atoms with Gasteiger partial charge in [0.1, 0.15) is 5.75 Å². The number of hydrogen-bond donors (Lipinski definition) is 2. The van der Waals surface area contributed by atoms with Gasteiger partial charge < -0.3 is 9.84 Å². The highest BCUT2D eigenvalue weighted by atomic mass is 32.2. The van der Waals surface area contributed by atoms with Crippen molar-refractivity contribution in [3.8, 4) is 5.75 Å². The van der Waals surface area contributed by atoms with Crippen LogP contribution in [0.1, 0.15) is 11.3 Å². The van der Waals surface area contributed by atoms with Crippen LogP contribution in [0.25, 0.3) is 0 Å². The normalized spacial score (nSPS) is 15.7. The monoisotopic (exact) mass is 309 g/mol. The lowest BCUT2D eigenvalue weighted by Crippen LogP contribution is -2.37. The minimum Gasteiger partial charge on any atom is -0.497 e. The molecule has 0 spiro atoms. The second-order valence-corrected chi connectivity index (χ2v) is 6.74. The van der Waals surface area contributed by atoms with Crippen LogP contribution in [-0.2, 0) is 23.0 Å². The lowest BCUT2D eigenvalue weighted by molar-refractivity contribution is 0.388. The molecule has 8 heteroatoms. The number of H-pyrrole nitrogens is 2. The summed E-state index contributed by atoms with van der Waals surface area (Å²) in [6.45, 7) is 0.428. The largest absolute Gasteiger partial charge is 0.497 e. The molecule has 0 aliphatic carbocycles. The zero-order chi connectivity index (χ0) is 15.0. The minimum absolute atomic E-state index is 0.0858. The number of sulfonamides is 1. The van der Waals surface area contributed by atoms with Crippen LogP contribution in [0, 0.1) is 0 Å². The summed E-state index contributed by atoms with van der Waals surface area (Å²) in [6, 6.07) is 6.22. The Morgan fingerprint density at radius 1 is 1.19 bits per heavy atom. The van der Waals surface area contributed by atoms with Crippen molar-refractivity contribution in [2.75, 3.05) is 13.7 Å². The van der Waals surface area contributed by atoms with E-state index in [4.69, 9.17) is 4.74 Å². The molecule has 0 bridgehead atoms. The summed E-state index contributed by atoms with van der Waals surface area (Å²) in [4.78, 5) is 11.8. The molecule has 2 heterocycles. The highest BCUT2D eigenvalue weighted by molar-refractivity contribution is 7.89. The second kappa shape index (κ2) is 5.05. The van der Waals surface area contributed by atoms with Crippen LogP contribution < -0.4 is 10.3 Å². The van der Waals surface area contributed by atoms with Crippen molar-refractivity contribution >= 4 is 10.0 Å². The second-order valence-electron chi connectivity index (χ2n) is 4.80. The maximum Gasteiger partial charge on any atom is 0.268 e. The molecule has 0 radical (unpaired) electrons. The Morgan fingerprint density at radius 3 is 2.57 bits per heavy atom. The van der Waals surface area contributed by atoms with Crippen LogP contribution in [-0.4, -0.2) is 36.6 Å². The number of hydrogen-bond acceptors (Lipinski definition) is 4. The molecular weight excluding hydrogens is 294 g/mol. The summed E-state index contributed by atoms with van der Waals surface area (Å²) < 4.78 is 31.5. The average molecular weight is 309 g/mol. The molecule has 0 atom stereocenters. The Kier molecular flexibility index (Phi) is 3.34. The van der Waals surface area contributed by atoms with Crippen molar-refractivity contribution in [3.05, 3.63) is 45.9 Å². The molecule has 0 fully saturated rings. The molecule has 1 aliphatic rings. The van der Waals surface area contributed by atoms with Crippen LogP contribution in [0.15, 0.2) is 34.0 Å². The van der Waals surface area contributed by atoms with E-state index in [2.05, 4.69) is 10.2 Å². The quantitative estimate of drug-likeness (QED) is 0.861. The Bertz CT molecular complexity index is 805. The Hall–Kier alpha value is -2.06. The first kappa shape index (κ1) is 13.9. The molecule has 1 aliphatic heterocycles. The van der Waals surface area contributed by atoms with E-state index in [9.17, 15) is 13.2 Å². The number of aromatic nitrogens is 2. The van der Waals surface area contributed by atoms with E-state index in [1.54, 1.807) is 12.1 Å². The molecule has 2 aromatic rings. The van der Waals surface area contributed by atoms with Crippen molar-refractivity contribution in [1.29, 1.82) is 0 Å². The molecule has 21 heavy (non-hydrogen) atoms. The molecule has 0 unspecified atom stereocenters. The number of methoxy groups -OCH3 is 1. The van der Waals surface area contributed by atoms with Gasteiger partial charge in [0.2, 0.25) is 10.0 Å². The topological polar surface area (TPSA) is 95.3 Å². The van der Waals surface area contributed by atoms with Gasteiger partial charge in [-0.1, -0.05) is 0 Å². The van der Waals surface area contributed by atoms with E-state index < -0.39 is 10.0 Å². The van der Waals surface area contributed by atoms with E-state index in [0.29, 0.717) is 24.3 Å². The third-order valence-corrected chi connectivity index (χ3v) is 5.47. The van der Waals surface area contributed by atoms with Crippen molar-refractivity contribution in [2.45, 2.75) is 17.9 Å². The highest BCUT2D eigenvalue weighted by Crippen LogP contribution is 2.23. The Labute approximate surface area is 121 Å². The number of aromatic amines is 2. The van der Waals surface area contributed by atoms with Gasteiger partial charge in [0.05, 0.1) is 17.6 Å². The molecule has 0 amide bonds. The van der Waals surface area contributed by atoms with Gasteiger partial charge >= 0.3 is 0 Å². The fourth-order valence-corrected chi connectivity index (χ4v) is 3.80. The first-order chi connectivity index (χ1) is 10.0. The molecule has 112 valence electrons. The summed E-state index contributed by atoms with van der Waals surface area (Å²) in [6.07, 6.45) is 0.490. The van der Waals surface area contributed by atoms with Gasteiger partial charge in [-0.05, 0) is 24.3 Å². The van der Waals surface area contributed by atoms with Crippen molar-refractivity contribution < 1.29 is 13.2 Å². The number of nitrogens with zero attached hydrogens (tertiary/aromatic N) is 1. The number of nitrogens with one attached hydrogen (secondary N) is 2. The lowest BCUT2D eigenvalue weighted by atomic mass is 10.1. The van der Waals surface area contributed by atoms with Crippen molar-refractivity contribution in [3.63, 3.8) is 0 Å². The minimum atomic E-state index is -3.61. The molecule has 1 aromatic carbocycles. The van der Waals surface area contributed by atoms with Gasteiger partial charge in [-0.3, -0.25) is 9.89 Å². The van der Waals surface area contributed by atoms with E-state index in [-0.39, 0.29) is 17.0 Å². The van der Waals surface area contributed by atoms with Crippen molar-refractivity contribution in [2.24, 2.45) is 0 Å². The van der Waals surface area contributed by atoms with Gasteiger partial charge in [0, 0.05) is 25.2 Å². The maximum absolute atomic E-state index is 12.6. The van der Waals surface area contributed by atoms with Gasteiger partial charge in [-0.2, -0.15) is 4.31 Å². The predicted molar refractivity (Wildman–Crippen MR) is 75.7 cm³/mol. The molecule has 0 saturated carbocycles. The van der Waals surface area contributed by atoms with Crippen LogP contribution in [0.3, 0.4) is 0 Å². The first-order valence-corrected chi connectivity index (χ1v) is 7.89. The van der Waals surface area contributed by atoms with E-state index in [1.807, 2.05) is 0 Å². The molecule has 3 rings (SSSR count). The SMILES string of the molecule is COc1ccc(S(=O)(=O)N2CCc3[nH][nH]c(=O)c3C2)cc1. The van der Waals surface area contributed by atoms with E-state index in [1.165, 1.54) is 23.5 Å². The van der Waals surface area contributed by atoms with Crippen LogP contribution in [0.4, 0.5) is 0 Å². The molecule has 7 nitrogen and oxygen atoms in total. The van der Waals surface area contributed by atoms with E-state index >= 15 is 0 Å². The van der Waals surface area contributed by atoms with Gasteiger partial charge in [0.25, 0.3) is 5.56 Å². The summed E-state index contributed by atoms with van der Waals surface area (Å²) in [7, 11) is -2.09. The standard InChI is InChI=1S/C13H15N3O4S/c1-20-9-2-4-10(5-3-9)21(18,19)16-7-6-12-11(8-16)13(17)15-14-12/h2-5H,6-8H2,1H3,(H2,14,15,17). The van der Waals surface area contributed by atoms with Gasteiger partial charge in [-0.15, -0.1) is 0 Å². The van der Waals surface area contributed by atoms with Gasteiger partial charge in [0.15, 0.2) is 0 Å². The van der Waals surface area contributed by atoms with Crippen LogP contribution in [0.5, 0.6) is 5.75 Å². The number of benzene rings is 1. The Morgan fingerprint density at radius 2 is 1.90 bits per heavy atom. The first-order valence-electron chi connectivity index (χ1n) is 6.45. The summed E-state index contributed by atoms with van der Waals surface area (Å²) in [5, 5.41) is 5.26. The molecule has 2 N–H and O–H groups in total. The zero-order valence-corrected chi connectivity index (χ0v) is 12.2. The molecule has 0 saturated heterocycles. The molecule has 1 aromatic heterocycles. The van der Waals surface area contributed by atoms with E-state index in [0.717, 1.165) is 5.69 Å². The summed E-state index contributed by atoms with van der Waals surface area (Å²) in [5.41, 5.74) is 0.999. The van der Waals surface area contributed by atoms with Crippen LogP contribution >= 0.6 is 0 Å². The third-order valence-electron chi connectivity index (χ3n) is 3.61. The summed E-state index contributed by atoms with van der Waals surface area (Å²) >= 11 is 0. The van der Waals surface area contributed by atoms with Gasteiger partial charge in [-0.25, -0.2) is 8.42 Å². The average Bonchev–Trinajstić information content (AvgIpc) is 2.88.